The first kappa shape index (κ1) is 15.3. The molecule has 0 radical (unpaired) electrons. The summed E-state index contributed by atoms with van der Waals surface area (Å²) in [5, 5.41) is 0.354. The highest BCUT2D eigenvalue weighted by atomic mass is 19.4. The van der Waals surface area contributed by atoms with Crippen LogP contribution in [0.5, 0.6) is 0 Å². The summed E-state index contributed by atoms with van der Waals surface area (Å²) in [7, 11) is 0. The monoisotopic (exact) mass is 329 g/mol. The van der Waals surface area contributed by atoms with Crippen LogP contribution in [0.25, 0.3) is 10.9 Å². The lowest BCUT2D eigenvalue weighted by atomic mass is 10.0. The molecule has 124 valence electrons. The highest BCUT2D eigenvalue weighted by Gasteiger charge is 2.39. The van der Waals surface area contributed by atoms with E-state index in [1.165, 1.54) is 0 Å². The first-order valence-electron chi connectivity index (χ1n) is 8.30. The van der Waals surface area contributed by atoms with E-state index in [9.17, 15) is 13.2 Å². The van der Waals surface area contributed by atoms with Gasteiger partial charge in [0.2, 0.25) is 0 Å². The Bertz CT molecular complexity index is 875. The van der Waals surface area contributed by atoms with Crippen molar-refractivity contribution in [2.24, 2.45) is 0 Å². The summed E-state index contributed by atoms with van der Waals surface area (Å²) in [5.74, 6) is 0. The molecule has 1 aliphatic heterocycles. The second-order valence-corrected chi connectivity index (χ2v) is 6.40. The van der Waals surface area contributed by atoms with Gasteiger partial charge in [0, 0.05) is 24.0 Å². The zero-order valence-corrected chi connectivity index (χ0v) is 13.2. The Morgan fingerprint density at radius 3 is 2.46 bits per heavy atom. The van der Waals surface area contributed by atoms with Crippen molar-refractivity contribution in [3.8, 4) is 0 Å². The normalized spacial score (nSPS) is 14.8. The third kappa shape index (κ3) is 2.50. The summed E-state index contributed by atoms with van der Waals surface area (Å²) in [6, 6.07) is 14.8. The molecular weight excluding hydrogens is 311 g/mol. The minimum Gasteiger partial charge on any atom is -0.343 e. The molecule has 0 atom stereocenters. The van der Waals surface area contributed by atoms with Crippen molar-refractivity contribution in [2.75, 3.05) is 0 Å². The number of para-hydroxylation sites is 1. The molecule has 1 nitrogen and oxygen atoms in total. The van der Waals surface area contributed by atoms with Crippen LogP contribution in [0.2, 0.25) is 0 Å². The molecule has 2 heterocycles. The number of hydrogen-bond acceptors (Lipinski definition) is 0. The lowest BCUT2D eigenvalue weighted by Crippen LogP contribution is -2.12. The number of benzene rings is 2. The van der Waals surface area contributed by atoms with Crippen molar-refractivity contribution in [1.82, 2.24) is 4.57 Å². The van der Waals surface area contributed by atoms with Crippen molar-refractivity contribution in [1.29, 1.82) is 0 Å². The van der Waals surface area contributed by atoms with Gasteiger partial charge in [-0.3, -0.25) is 0 Å². The third-order valence-corrected chi connectivity index (χ3v) is 4.85. The SMILES string of the molecule is FC(F)(F)c1c(Cc2ccccc2)n2c3c(cccc13)CCCC2. The fourth-order valence-corrected chi connectivity index (χ4v) is 3.86. The highest BCUT2D eigenvalue weighted by Crippen LogP contribution is 2.42. The molecule has 0 saturated carbocycles. The fourth-order valence-electron chi connectivity index (χ4n) is 3.86. The van der Waals surface area contributed by atoms with Gasteiger partial charge in [0.1, 0.15) is 0 Å². The summed E-state index contributed by atoms with van der Waals surface area (Å²) in [4.78, 5) is 0. The molecule has 0 aliphatic carbocycles. The van der Waals surface area contributed by atoms with Crippen LogP contribution in [0.4, 0.5) is 13.2 Å². The molecular formula is C20H18F3N. The van der Waals surface area contributed by atoms with E-state index in [0.29, 0.717) is 24.0 Å². The van der Waals surface area contributed by atoms with Crippen molar-refractivity contribution in [2.45, 2.75) is 38.4 Å². The van der Waals surface area contributed by atoms with Crippen LogP contribution in [0.1, 0.15) is 35.2 Å². The average Bonchev–Trinajstić information content (AvgIpc) is 2.72. The fraction of sp³-hybridized carbons (Fsp3) is 0.300. The second kappa shape index (κ2) is 5.69. The van der Waals surface area contributed by atoms with Gasteiger partial charge in [-0.2, -0.15) is 13.2 Å². The minimum atomic E-state index is -4.34. The van der Waals surface area contributed by atoms with Gasteiger partial charge in [-0.1, -0.05) is 48.5 Å². The van der Waals surface area contributed by atoms with E-state index in [-0.39, 0.29) is 0 Å². The van der Waals surface area contributed by atoms with Gasteiger partial charge in [-0.05, 0) is 30.4 Å². The zero-order valence-electron chi connectivity index (χ0n) is 13.2. The number of alkyl halides is 3. The van der Waals surface area contributed by atoms with Crippen LogP contribution in [0.3, 0.4) is 0 Å². The number of halogens is 3. The molecule has 0 spiro atoms. The van der Waals surface area contributed by atoms with E-state index in [0.717, 1.165) is 35.9 Å². The largest absolute Gasteiger partial charge is 0.418 e. The molecule has 0 amide bonds. The standard InChI is InChI=1S/C20H18F3N/c21-20(22,23)18-16-11-6-10-15-9-4-5-12-24(19(15)16)17(18)13-14-7-2-1-3-8-14/h1-3,6-8,10-11H,4-5,9,12-13H2. The lowest BCUT2D eigenvalue weighted by Gasteiger charge is -2.13. The molecule has 4 rings (SSSR count). The molecule has 0 saturated heterocycles. The van der Waals surface area contributed by atoms with Crippen LogP contribution in [-0.4, -0.2) is 4.57 Å². The molecule has 24 heavy (non-hydrogen) atoms. The number of hydrogen-bond donors (Lipinski definition) is 0. The van der Waals surface area contributed by atoms with Gasteiger partial charge >= 0.3 is 6.18 Å². The predicted octanol–water partition coefficient (Wildman–Crippen LogP) is 5.59. The average molecular weight is 329 g/mol. The van der Waals surface area contributed by atoms with Gasteiger partial charge < -0.3 is 4.57 Å². The quantitative estimate of drug-likeness (QED) is 0.578. The summed E-state index contributed by atoms with van der Waals surface area (Å²) >= 11 is 0. The maximum atomic E-state index is 13.9. The van der Waals surface area contributed by atoms with Crippen LogP contribution in [-0.2, 0) is 25.6 Å². The molecule has 0 fully saturated rings. The molecule has 0 N–H and O–H groups in total. The summed E-state index contributed by atoms with van der Waals surface area (Å²) in [5.41, 5.74) is 2.68. The summed E-state index contributed by atoms with van der Waals surface area (Å²) in [6.45, 7) is 0.658. The Morgan fingerprint density at radius 2 is 1.71 bits per heavy atom. The Balaban J connectivity index is 2.01. The first-order chi connectivity index (χ1) is 11.6. The van der Waals surface area contributed by atoms with Gasteiger partial charge in [-0.15, -0.1) is 0 Å². The van der Waals surface area contributed by atoms with E-state index >= 15 is 0 Å². The highest BCUT2D eigenvalue weighted by molar-refractivity contribution is 5.89. The minimum absolute atomic E-state index is 0.309. The molecule has 1 aliphatic rings. The van der Waals surface area contributed by atoms with Gasteiger partial charge in [-0.25, -0.2) is 0 Å². The van der Waals surface area contributed by atoms with Gasteiger partial charge in [0.15, 0.2) is 0 Å². The Morgan fingerprint density at radius 1 is 0.917 bits per heavy atom. The van der Waals surface area contributed by atoms with Crippen molar-refractivity contribution < 1.29 is 13.2 Å². The van der Waals surface area contributed by atoms with Crippen molar-refractivity contribution >= 4 is 10.9 Å². The van der Waals surface area contributed by atoms with E-state index in [1.54, 1.807) is 12.1 Å². The van der Waals surface area contributed by atoms with Crippen molar-refractivity contribution in [3.05, 3.63) is 70.9 Å². The zero-order chi connectivity index (χ0) is 16.7. The van der Waals surface area contributed by atoms with E-state index in [2.05, 4.69) is 0 Å². The molecule has 3 aromatic rings. The van der Waals surface area contributed by atoms with E-state index in [4.69, 9.17) is 0 Å². The molecule has 0 bridgehead atoms. The van der Waals surface area contributed by atoms with Gasteiger partial charge in [0.05, 0.1) is 11.1 Å². The van der Waals surface area contributed by atoms with Crippen molar-refractivity contribution in [3.63, 3.8) is 0 Å². The number of aromatic nitrogens is 1. The summed E-state index contributed by atoms with van der Waals surface area (Å²) < 4.78 is 43.5. The molecule has 2 aromatic carbocycles. The Hall–Kier alpha value is -2.23. The van der Waals surface area contributed by atoms with Crippen LogP contribution in [0, 0.1) is 0 Å². The predicted molar refractivity (Wildman–Crippen MR) is 89.1 cm³/mol. The van der Waals surface area contributed by atoms with Crippen LogP contribution in [0.15, 0.2) is 48.5 Å². The first-order valence-corrected chi connectivity index (χ1v) is 8.30. The lowest BCUT2D eigenvalue weighted by molar-refractivity contribution is -0.137. The number of aryl methyl sites for hydroxylation is 2. The maximum absolute atomic E-state index is 13.9. The second-order valence-electron chi connectivity index (χ2n) is 6.40. The van der Waals surface area contributed by atoms with E-state index in [1.807, 2.05) is 41.0 Å². The molecule has 0 unspecified atom stereocenters. The third-order valence-electron chi connectivity index (χ3n) is 4.85. The van der Waals surface area contributed by atoms with Gasteiger partial charge in [0.25, 0.3) is 0 Å². The maximum Gasteiger partial charge on any atom is 0.418 e. The summed E-state index contributed by atoms with van der Waals surface area (Å²) in [6.07, 6.45) is -1.25. The Kier molecular flexibility index (Phi) is 3.63. The van der Waals surface area contributed by atoms with E-state index < -0.39 is 11.7 Å². The number of rotatable bonds is 2. The Labute approximate surface area is 138 Å². The molecule has 4 heteroatoms. The number of nitrogens with zero attached hydrogens (tertiary/aromatic N) is 1. The van der Waals surface area contributed by atoms with Crippen LogP contribution < -0.4 is 0 Å². The van der Waals surface area contributed by atoms with Crippen LogP contribution >= 0.6 is 0 Å². The topological polar surface area (TPSA) is 4.93 Å². The molecule has 1 aromatic heterocycles. The smallest absolute Gasteiger partial charge is 0.343 e.